The zero-order valence-corrected chi connectivity index (χ0v) is 11.9. The summed E-state index contributed by atoms with van der Waals surface area (Å²) in [6, 6.07) is 11.6. The van der Waals surface area contributed by atoms with Crippen LogP contribution in [0.3, 0.4) is 0 Å². The molecule has 1 atom stereocenters. The summed E-state index contributed by atoms with van der Waals surface area (Å²) in [7, 11) is 0. The Morgan fingerprint density at radius 2 is 2.00 bits per heavy atom. The molecule has 4 nitrogen and oxygen atoms in total. The predicted molar refractivity (Wildman–Crippen MR) is 82.0 cm³/mol. The van der Waals surface area contributed by atoms with Crippen LogP contribution in [-0.2, 0) is 5.54 Å². The first-order chi connectivity index (χ1) is 9.61. The molecular weight excluding hydrogens is 272 g/mol. The molecule has 2 heterocycles. The van der Waals surface area contributed by atoms with Crippen LogP contribution in [0.25, 0.3) is 0 Å². The Kier molecular flexibility index (Phi) is 3.10. The Balaban J connectivity index is 2.06. The maximum Gasteiger partial charge on any atom is 0.196 e. The number of guanidine groups is 1. The average molecular weight is 287 g/mol. The number of hydrogen-bond donors (Lipinski definition) is 1. The van der Waals surface area contributed by atoms with Gasteiger partial charge >= 0.3 is 0 Å². The summed E-state index contributed by atoms with van der Waals surface area (Å²) in [5, 5.41) is 0.700. The minimum atomic E-state index is -0.327. The molecule has 0 aliphatic carbocycles. The van der Waals surface area contributed by atoms with Crippen LogP contribution in [-0.4, -0.2) is 17.5 Å². The molecule has 1 aliphatic rings. The lowest BCUT2D eigenvalue weighted by atomic mass is 9.92. The van der Waals surface area contributed by atoms with Gasteiger partial charge in [0.1, 0.15) is 0 Å². The van der Waals surface area contributed by atoms with E-state index < -0.39 is 0 Å². The van der Waals surface area contributed by atoms with Gasteiger partial charge in [0, 0.05) is 23.1 Å². The largest absolute Gasteiger partial charge is 0.369 e. The zero-order valence-electron chi connectivity index (χ0n) is 11.1. The van der Waals surface area contributed by atoms with Crippen LogP contribution >= 0.6 is 11.6 Å². The highest BCUT2D eigenvalue weighted by Crippen LogP contribution is 2.36. The van der Waals surface area contributed by atoms with E-state index in [1.165, 1.54) is 0 Å². The fraction of sp³-hybridized carbons (Fsp3) is 0.200. The number of aliphatic imine (C=N–C) groups is 1. The maximum atomic E-state index is 6.08. The lowest BCUT2D eigenvalue weighted by Gasteiger charge is -2.36. The Bertz CT molecular complexity index is 639. The van der Waals surface area contributed by atoms with Gasteiger partial charge in [-0.05, 0) is 42.8 Å². The second-order valence-electron chi connectivity index (χ2n) is 5.00. The van der Waals surface area contributed by atoms with Gasteiger partial charge in [-0.3, -0.25) is 9.98 Å². The van der Waals surface area contributed by atoms with E-state index in [0.717, 1.165) is 11.3 Å². The molecule has 2 N–H and O–H groups in total. The van der Waals surface area contributed by atoms with Crippen molar-refractivity contribution in [2.24, 2.45) is 10.7 Å². The Morgan fingerprint density at radius 1 is 1.25 bits per heavy atom. The number of anilines is 1. The Labute approximate surface area is 122 Å². The summed E-state index contributed by atoms with van der Waals surface area (Å²) in [4.78, 5) is 10.6. The lowest BCUT2D eigenvalue weighted by Crippen LogP contribution is -2.47. The van der Waals surface area contributed by atoms with Crippen LogP contribution in [0.2, 0.25) is 5.02 Å². The first kappa shape index (κ1) is 12.9. The summed E-state index contributed by atoms with van der Waals surface area (Å²) in [5.41, 5.74) is 7.81. The number of nitrogens with two attached hydrogens (primary N) is 1. The van der Waals surface area contributed by atoms with E-state index in [2.05, 4.69) is 16.9 Å². The minimum absolute atomic E-state index is 0.327. The monoisotopic (exact) mass is 286 g/mol. The highest BCUT2D eigenvalue weighted by atomic mass is 35.5. The molecule has 0 radical (unpaired) electrons. The van der Waals surface area contributed by atoms with Gasteiger partial charge in [0.2, 0.25) is 0 Å². The molecule has 1 unspecified atom stereocenters. The quantitative estimate of drug-likeness (QED) is 0.923. The van der Waals surface area contributed by atoms with E-state index in [1.807, 2.05) is 47.5 Å². The van der Waals surface area contributed by atoms with E-state index >= 15 is 0 Å². The van der Waals surface area contributed by atoms with E-state index in [-0.39, 0.29) is 5.54 Å². The molecule has 1 aromatic carbocycles. The molecule has 0 saturated heterocycles. The Hall–Kier alpha value is -2.07. The van der Waals surface area contributed by atoms with Gasteiger partial charge in [-0.1, -0.05) is 17.7 Å². The van der Waals surface area contributed by atoms with Crippen molar-refractivity contribution in [3.8, 4) is 0 Å². The van der Waals surface area contributed by atoms with Crippen LogP contribution in [0.1, 0.15) is 12.5 Å². The van der Waals surface area contributed by atoms with Gasteiger partial charge in [0.15, 0.2) is 5.96 Å². The summed E-state index contributed by atoms with van der Waals surface area (Å²) in [5.74, 6) is 0.513. The van der Waals surface area contributed by atoms with Crippen LogP contribution in [0.4, 0.5) is 5.69 Å². The fourth-order valence-corrected chi connectivity index (χ4v) is 2.66. The molecule has 0 spiro atoms. The molecule has 5 heteroatoms. The number of aromatic nitrogens is 1. The molecule has 0 bridgehead atoms. The number of pyridine rings is 1. The van der Waals surface area contributed by atoms with E-state index in [4.69, 9.17) is 17.3 Å². The minimum Gasteiger partial charge on any atom is -0.369 e. The topological polar surface area (TPSA) is 54.5 Å². The maximum absolute atomic E-state index is 6.08. The molecule has 1 aliphatic heterocycles. The van der Waals surface area contributed by atoms with E-state index in [9.17, 15) is 0 Å². The van der Waals surface area contributed by atoms with Crippen molar-refractivity contribution in [2.75, 3.05) is 11.4 Å². The smallest absolute Gasteiger partial charge is 0.196 e. The van der Waals surface area contributed by atoms with Gasteiger partial charge in [-0.2, -0.15) is 0 Å². The molecule has 3 rings (SSSR count). The van der Waals surface area contributed by atoms with Gasteiger partial charge < -0.3 is 10.6 Å². The van der Waals surface area contributed by atoms with E-state index in [0.29, 0.717) is 17.5 Å². The normalized spacial score (nSPS) is 21.9. The first-order valence-electron chi connectivity index (χ1n) is 6.37. The second kappa shape index (κ2) is 4.80. The molecule has 20 heavy (non-hydrogen) atoms. The fourth-order valence-electron chi connectivity index (χ4n) is 2.54. The SMILES string of the molecule is CC1(c2cccnc2)CN=C(N)N1c1ccc(Cl)cc1. The third-order valence-corrected chi connectivity index (χ3v) is 3.89. The molecular formula is C15H15ClN4. The van der Waals surface area contributed by atoms with Crippen molar-refractivity contribution in [3.63, 3.8) is 0 Å². The lowest BCUT2D eigenvalue weighted by molar-refractivity contribution is 0.531. The summed E-state index contributed by atoms with van der Waals surface area (Å²) < 4.78 is 0. The predicted octanol–water partition coefficient (Wildman–Crippen LogP) is 2.79. The third-order valence-electron chi connectivity index (χ3n) is 3.64. The highest BCUT2D eigenvalue weighted by Gasteiger charge is 2.40. The molecule has 2 aromatic rings. The van der Waals surface area contributed by atoms with Gasteiger partial charge in [0.05, 0.1) is 12.1 Å². The summed E-state index contributed by atoms with van der Waals surface area (Å²) in [6.07, 6.45) is 3.62. The first-order valence-corrected chi connectivity index (χ1v) is 6.75. The molecule has 102 valence electrons. The molecule has 0 saturated carbocycles. The van der Waals surface area contributed by atoms with Crippen LogP contribution in [0.15, 0.2) is 53.8 Å². The van der Waals surface area contributed by atoms with Gasteiger partial charge in [0.25, 0.3) is 0 Å². The number of hydrogen-bond acceptors (Lipinski definition) is 4. The van der Waals surface area contributed by atoms with Crippen molar-refractivity contribution >= 4 is 23.2 Å². The number of halogens is 1. The van der Waals surface area contributed by atoms with Crippen LogP contribution < -0.4 is 10.6 Å². The molecule has 0 fully saturated rings. The second-order valence-corrected chi connectivity index (χ2v) is 5.44. The third kappa shape index (κ3) is 2.02. The van der Waals surface area contributed by atoms with Crippen molar-refractivity contribution in [1.82, 2.24) is 4.98 Å². The highest BCUT2D eigenvalue weighted by molar-refractivity contribution is 6.30. The summed E-state index contributed by atoms with van der Waals surface area (Å²) in [6.45, 7) is 2.72. The van der Waals surface area contributed by atoms with E-state index in [1.54, 1.807) is 6.20 Å². The number of benzene rings is 1. The van der Waals surface area contributed by atoms with Crippen LogP contribution in [0, 0.1) is 0 Å². The molecule has 0 amide bonds. The average Bonchev–Trinajstić information content (AvgIpc) is 2.78. The van der Waals surface area contributed by atoms with Crippen molar-refractivity contribution in [1.29, 1.82) is 0 Å². The van der Waals surface area contributed by atoms with Crippen molar-refractivity contribution in [2.45, 2.75) is 12.5 Å². The van der Waals surface area contributed by atoms with Crippen molar-refractivity contribution < 1.29 is 0 Å². The summed E-state index contributed by atoms with van der Waals surface area (Å²) >= 11 is 5.95. The number of nitrogens with zero attached hydrogens (tertiary/aromatic N) is 3. The van der Waals surface area contributed by atoms with Crippen LogP contribution in [0.5, 0.6) is 0 Å². The molecule has 1 aromatic heterocycles. The van der Waals surface area contributed by atoms with Gasteiger partial charge in [-0.25, -0.2) is 0 Å². The van der Waals surface area contributed by atoms with Gasteiger partial charge in [-0.15, -0.1) is 0 Å². The zero-order chi connectivity index (χ0) is 14.2. The standard InChI is InChI=1S/C15H15ClN4/c1-15(11-3-2-8-18-9-11)10-19-14(17)20(15)13-6-4-12(16)5-7-13/h2-9H,10H2,1H3,(H2,17,19). The van der Waals surface area contributed by atoms with Crippen molar-refractivity contribution in [3.05, 3.63) is 59.4 Å². The Morgan fingerprint density at radius 3 is 2.65 bits per heavy atom. The number of rotatable bonds is 2.